The summed E-state index contributed by atoms with van der Waals surface area (Å²) in [6.45, 7) is 0. The van der Waals surface area contributed by atoms with E-state index in [0.29, 0.717) is 12.8 Å². The van der Waals surface area contributed by atoms with Crippen LogP contribution in [0.4, 0.5) is 18.9 Å². The molecule has 88 valence electrons. The summed E-state index contributed by atoms with van der Waals surface area (Å²) in [5.41, 5.74) is -0.646. The molecule has 0 radical (unpaired) electrons. The second kappa shape index (κ2) is 3.97. The van der Waals surface area contributed by atoms with E-state index in [1.54, 1.807) is 6.07 Å². The highest BCUT2D eigenvalue weighted by Crippen LogP contribution is 2.36. The molecule has 1 aromatic carbocycles. The van der Waals surface area contributed by atoms with Crippen LogP contribution in [0.3, 0.4) is 0 Å². The maximum absolute atomic E-state index is 12.6. The van der Waals surface area contributed by atoms with E-state index in [-0.39, 0.29) is 11.7 Å². The number of nitrogens with one attached hydrogen (secondary N) is 1. The van der Waals surface area contributed by atoms with Crippen molar-refractivity contribution in [3.05, 3.63) is 29.8 Å². The molecule has 2 nitrogen and oxygen atoms in total. The molecule has 1 aliphatic carbocycles. The van der Waals surface area contributed by atoms with Crippen molar-refractivity contribution in [1.29, 1.82) is 0 Å². The lowest BCUT2D eigenvalue weighted by Crippen LogP contribution is -2.43. The number of anilines is 1. The highest BCUT2D eigenvalue weighted by molar-refractivity contribution is 5.53. The lowest BCUT2D eigenvalue weighted by Gasteiger charge is -2.34. The molecule has 1 aromatic rings. The van der Waals surface area contributed by atoms with Crippen molar-refractivity contribution in [2.75, 3.05) is 5.32 Å². The van der Waals surface area contributed by atoms with Gasteiger partial charge in [0.05, 0.1) is 17.7 Å². The van der Waals surface area contributed by atoms with E-state index in [2.05, 4.69) is 5.32 Å². The smallest absolute Gasteiger partial charge is 0.391 e. The summed E-state index contributed by atoms with van der Waals surface area (Å²) in [6.07, 6.45) is -3.56. The summed E-state index contributed by atoms with van der Waals surface area (Å²) in [7, 11) is 0. The Balaban J connectivity index is 2.20. The Morgan fingerprint density at radius 2 is 1.88 bits per heavy atom. The minimum Gasteiger partial charge on any atom is -0.391 e. The Morgan fingerprint density at radius 1 is 1.19 bits per heavy atom. The Bertz CT molecular complexity index is 378. The summed E-state index contributed by atoms with van der Waals surface area (Å²) in [6, 6.07) is 5.05. The predicted molar refractivity (Wildman–Crippen MR) is 54.1 cm³/mol. The zero-order valence-corrected chi connectivity index (χ0v) is 8.46. The fourth-order valence-corrected chi connectivity index (χ4v) is 1.71. The van der Waals surface area contributed by atoms with E-state index >= 15 is 0 Å². The van der Waals surface area contributed by atoms with E-state index in [0.717, 1.165) is 6.07 Å². The molecule has 1 saturated carbocycles. The van der Waals surface area contributed by atoms with E-state index in [1.807, 2.05) is 0 Å². The number of aliphatic hydroxyl groups is 1. The topological polar surface area (TPSA) is 32.3 Å². The van der Waals surface area contributed by atoms with Crippen molar-refractivity contribution in [3.63, 3.8) is 0 Å². The zero-order chi connectivity index (χ0) is 11.8. The summed E-state index contributed by atoms with van der Waals surface area (Å²) in [5.74, 6) is 0. The lowest BCUT2D eigenvalue weighted by atomic mass is 9.89. The van der Waals surface area contributed by atoms with E-state index in [4.69, 9.17) is 0 Å². The standard InChI is InChI=1S/C11H12F3NO/c12-11(13,14)7-3-1-2-4-8(7)15-9-5-6-10(9)16/h1-4,9-10,15-16H,5-6H2/t9-,10-/m1/s1. The lowest BCUT2D eigenvalue weighted by molar-refractivity contribution is -0.137. The van der Waals surface area contributed by atoms with Crippen LogP contribution in [0.25, 0.3) is 0 Å². The van der Waals surface area contributed by atoms with Gasteiger partial charge >= 0.3 is 6.18 Å². The van der Waals surface area contributed by atoms with Crippen molar-refractivity contribution < 1.29 is 18.3 Å². The number of hydrogen-bond donors (Lipinski definition) is 2. The third-order valence-corrected chi connectivity index (χ3v) is 2.81. The Labute approximate surface area is 91.1 Å². The largest absolute Gasteiger partial charge is 0.418 e. The monoisotopic (exact) mass is 231 g/mol. The molecule has 2 atom stereocenters. The van der Waals surface area contributed by atoms with Gasteiger partial charge in [-0.05, 0) is 25.0 Å². The molecule has 0 amide bonds. The molecular formula is C11H12F3NO. The average Bonchev–Trinajstić information content (AvgIpc) is 2.23. The second-order valence-electron chi connectivity index (χ2n) is 3.94. The van der Waals surface area contributed by atoms with Crippen LogP contribution in [-0.4, -0.2) is 17.3 Å². The Hall–Kier alpha value is -1.23. The Morgan fingerprint density at radius 3 is 2.38 bits per heavy atom. The van der Waals surface area contributed by atoms with Gasteiger partial charge in [0.1, 0.15) is 0 Å². The average molecular weight is 231 g/mol. The third-order valence-electron chi connectivity index (χ3n) is 2.81. The Kier molecular flexibility index (Phi) is 2.80. The SMILES string of the molecule is O[C@@H]1CC[C@H]1Nc1ccccc1C(F)(F)F. The maximum atomic E-state index is 12.6. The first kappa shape index (κ1) is 11.3. The first-order valence-corrected chi connectivity index (χ1v) is 5.09. The molecule has 0 unspecified atom stereocenters. The van der Waals surface area contributed by atoms with E-state index < -0.39 is 17.8 Å². The molecule has 0 heterocycles. The van der Waals surface area contributed by atoms with Gasteiger partial charge < -0.3 is 10.4 Å². The fourth-order valence-electron chi connectivity index (χ4n) is 1.71. The van der Waals surface area contributed by atoms with Gasteiger partial charge in [-0.2, -0.15) is 13.2 Å². The number of rotatable bonds is 2. The number of aliphatic hydroxyl groups excluding tert-OH is 1. The maximum Gasteiger partial charge on any atom is 0.418 e. The summed E-state index contributed by atoms with van der Waals surface area (Å²) in [4.78, 5) is 0. The summed E-state index contributed by atoms with van der Waals surface area (Å²) < 4.78 is 37.8. The number of hydrogen-bond acceptors (Lipinski definition) is 2. The number of alkyl halides is 3. The van der Waals surface area contributed by atoms with Gasteiger partial charge in [0.25, 0.3) is 0 Å². The highest BCUT2D eigenvalue weighted by atomic mass is 19.4. The quantitative estimate of drug-likeness (QED) is 0.820. The molecule has 1 aliphatic rings. The van der Waals surface area contributed by atoms with Crippen LogP contribution in [0.1, 0.15) is 18.4 Å². The molecule has 0 spiro atoms. The van der Waals surface area contributed by atoms with Gasteiger partial charge in [-0.1, -0.05) is 12.1 Å². The van der Waals surface area contributed by atoms with Crippen LogP contribution in [-0.2, 0) is 6.18 Å². The van der Waals surface area contributed by atoms with Crippen LogP contribution >= 0.6 is 0 Å². The zero-order valence-electron chi connectivity index (χ0n) is 8.46. The van der Waals surface area contributed by atoms with Crippen LogP contribution in [0.5, 0.6) is 0 Å². The molecular weight excluding hydrogens is 219 g/mol. The first-order chi connectivity index (χ1) is 7.48. The fraction of sp³-hybridized carbons (Fsp3) is 0.455. The molecule has 2 N–H and O–H groups in total. The van der Waals surface area contributed by atoms with E-state index in [9.17, 15) is 18.3 Å². The number of halogens is 3. The molecule has 0 saturated heterocycles. The molecule has 0 aliphatic heterocycles. The van der Waals surface area contributed by atoms with Gasteiger partial charge in [-0.25, -0.2) is 0 Å². The third kappa shape index (κ3) is 2.14. The van der Waals surface area contributed by atoms with Gasteiger partial charge in [0, 0.05) is 5.69 Å². The summed E-state index contributed by atoms with van der Waals surface area (Å²) >= 11 is 0. The molecule has 2 rings (SSSR count). The van der Waals surface area contributed by atoms with Crippen LogP contribution in [0.2, 0.25) is 0 Å². The molecule has 0 aromatic heterocycles. The van der Waals surface area contributed by atoms with Gasteiger partial charge in [0.2, 0.25) is 0 Å². The van der Waals surface area contributed by atoms with Crippen LogP contribution in [0.15, 0.2) is 24.3 Å². The number of para-hydroxylation sites is 1. The molecule has 0 bridgehead atoms. The van der Waals surface area contributed by atoms with Crippen molar-refractivity contribution in [1.82, 2.24) is 0 Å². The van der Waals surface area contributed by atoms with Crippen molar-refractivity contribution in [2.24, 2.45) is 0 Å². The van der Waals surface area contributed by atoms with Crippen molar-refractivity contribution >= 4 is 5.69 Å². The van der Waals surface area contributed by atoms with Crippen LogP contribution in [0, 0.1) is 0 Å². The van der Waals surface area contributed by atoms with E-state index in [1.165, 1.54) is 12.1 Å². The van der Waals surface area contributed by atoms with Gasteiger partial charge in [0.15, 0.2) is 0 Å². The first-order valence-electron chi connectivity index (χ1n) is 5.09. The van der Waals surface area contributed by atoms with Gasteiger partial charge in [-0.3, -0.25) is 0 Å². The minimum atomic E-state index is -4.36. The van der Waals surface area contributed by atoms with Crippen molar-refractivity contribution in [3.8, 4) is 0 Å². The normalized spacial score (nSPS) is 25.0. The van der Waals surface area contributed by atoms with Crippen LogP contribution < -0.4 is 5.32 Å². The molecule has 5 heteroatoms. The predicted octanol–water partition coefficient (Wildman–Crippen LogP) is 2.64. The molecule has 16 heavy (non-hydrogen) atoms. The summed E-state index contributed by atoms with van der Waals surface area (Å²) in [5, 5.41) is 12.1. The minimum absolute atomic E-state index is 0.0405. The van der Waals surface area contributed by atoms with Crippen molar-refractivity contribution in [2.45, 2.75) is 31.2 Å². The second-order valence-corrected chi connectivity index (χ2v) is 3.94. The number of benzene rings is 1. The highest BCUT2D eigenvalue weighted by Gasteiger charge is 2.35. The van der Waals surface area contributed by atoms with Gasteiger partial charge in [-0.15, -0.1) is 0 Å². The molecule has 1 fully saturated rings.